The summed E-state index contributed by atoms with van der Waals surface area (Å²) in [6.45, 7) is 0.0505. The summed E-state index contributed by atoms with van der Waals surface area (Å²) in [5.41, 5.74) is 0.983. The van der Waals surface area contributed by atoms with Gasteiger partial charge in [-0.15, -0.1) is 0 Å². The number of alkyl halides is 2. The fourth-order valence-corrected chi connectivity index (χ4v) is 3.82. The molecule has 1 aromatic carbocycles. The van der Waals surface area contributed by atoms with E-state index < -0.39 is 12.3 Å². The van der Waals surface area contributed by atoms with E-state index in [1.165, 1.54) is 21.6 Å². The molecule has 0 radical (unpaired) electrons. The summed E-state index contributed by atoms with van der Waals surface area (Å²) < 4.78 is 28.8. The molecule has 2 heterocycles. The van der Waals surface area contributed by atoms with Gasteiger partial charge in [-0.1, -0.05) is 40.9 Å². The number of carbonyl (C=O) groups is 1. The van der Waals surface area contributed by atoms with Crippen LogP contribution in [-0.2, 0) is 17.9 Å². The molecule has 1 aliphatic rings. The van der Waals surface area contributed by atoms with Gasteiger partial charge in [0.25, 0.3) is 6.43 Å². The van der Waals surface area contributed by atoms with Crippen LogP contribution < -0.4 is 5.32 Å². The number of anilines is 1. The van der Waals surface area contributed by atoms with Gasteiger partial charge < -0.3 is 5.32 Å². The number of carbonyl (C=O) groups excluding carboxylic acids is 1. The summed E-state index contributed by atoms with van der Waals surface area (Å²) in [5.74, 6) is -0.149. The maximum absolute atomic E-state index is 13.0. The lowest BCUT2D eigenvalue weighted by atomic mass is 10.2. The van der Waals surface area contributed by atoms with Crippen molar-refractivity contribution in [2.45, 2.75) is 38.3 Å². The molecule has 0 atom stereocenters. The number of benzene rings is 1. The topological polar surface area (TPSA) is 64.7 Å². The summed E-state index contributed by atoms with van der Waals surface area (Å²) in [6.07, 6.45) is 0.650. The SMILES string of the molecule is O=C(Cn1nc(C(F)F)cc1C1CC1)Nc1nn(Cc2c(Cl)cccc2Cl)cc1Cl. The first-order valence-corrected chi connectivity index (χ1v) is 10.3. The minimum absolute atomic E-state index is 0.152. The zero-order valence-electron chi connectivity index (χ0n) is 15.5. The Kier molecular flexibility index (Phi) is 5.99. The third kappa shape index (κ3) is 4.61. The Morgan fingerprint density at radius 1 is 1.17 bits per heavy atom. The van der Waals surface area contributed by atoms with Gasteiger partial charge in [0.1, 0.15) is 17.3 Å². The second kappa shape index (κ2) is 8.53. The molecule has 3 aromatic rings. The first-order chi connectivity index (χ1) is 14.3. The summed E-state index contributed by atoms with van der Waals surface area (Å²) in [4.78, 5) is 12.5. The standard InChI is InChI=1S/C19H16Cl3F2N5O/c20-12-2-1-3-13(21)11(12)7-28-8-14(22)19(27-28)25-17(30)9-29-16(10-4-5-10)6-15(26-29)18(23)24/h1-3,6,8,10,18H,4-5,7,9H2,(H,25,27,30). The fraction of sp³-hybridized carbons (Fsp3) is 0.316. The third-order valence-corrected chi connectivity index (χ3v) is 5.68. The Hall–Kier alpha value is -2.16. The van der Waals surface area contributed by atoms with Crippen molar-refractivity contribution in [1.82, 2.24) is 19.6 Å². The predicted octanol–water partition coefficient (Wildman–Crippen LogP) is 5.54. The Morgan fingerprint density at radius 2 is 1.87 bits per heavy atom. The number of aromatic nitrogens is 4. The van der Waals surface area contributed by atoms with Crippen LogP contribution >= 0.6 is 34.8 Å². The van der Waals surface area contributed by atoms with Crippen molar-refractivity contribution in [1.29, 1.82) is 0 Å². The van der Waals surface area contributed by atoms with Gasteiger partial charge in [-0.05, 0) is 31.0 Å². The molecule has 158 valence electrons. The van der Waals surface area contributed by atoms with Crippen LogP contribution in [0.25, 0.3) is 0 Å². The lowest BCUT2D eigenvalue weighted by Gasteiger charge is -2.08. The Bertz CT molecular complexity index is 1070. The molecule has 2 aromatic heterocycles. The monoisotopic (exact) mass is 473 g/mol. The highest BCUT2D eigenvalue weighted by Gasteiger charge is 2.30. The van der Waals surface area contributed by atoms with Crippen molar-refractivity contribution in [2.24, 2.45) is 0 Å². The minimum atomic E-state index is -2.69. The normalized spacial score (nSPS) is 13.8. The summed E-state index contributed by atoms with van der Waals surface area (Å²) in [7, 11) is 0. The number of nitrogens with zero attached hydrogens (tertiary/aromatic N) is 4. The zero-order valence-corrected chi connectivity index (χ0v) is 17.7. The van der Waals surface area contributed by atoms with Gasteiger partial charge >= 0.3 is 0 Å². The van der Waals surface area contributed by atoms with E-state index in [1.54, 1.807) is 18.2 Å². The smallest absolute Gasteiger partial charge is 0.282 e. The predicted molar refractivity (Wildman–Crippen MR) is 111 cm³/mol. The Labute approximate surface area is 185 Å². The molecule has 6 nitrogen and oxygen atoms in total. The van der Waals surface area contributed by atoms with Gasteiger partial charge in [-0.2, -0.15) is 10.2 Å². The molecule has 1 N–H and O–H groups in total. The van der Waals surface area contributed by atoms with E-state index in [2.05, 4.69) is 15.5 Å². The molecule has 0 bridgehead atoms. The number of rotatable bonds is 7. The van der Waals surface area contributed by atoms with E-state index in [0.29, 0.717) is 21.3 Å². The van der Waals surface area contributed by atoms with Crippen LogP contribution in [0.1, 0.15) is 42.1 Å². The van der Waals surface area contributed by atoms with Crippen LogP contribution in [-0.4, -0.2) is 25.5 Å². The van der Waals surface area contributed by atoms with E-state index in [1.807, 2.05) is 0 Å². The van der Waals surface area contributed by atoms with Gasteiger partial charge in [0, 0.05) is 33.4 Å². The molecule has 11 heteroatoms. The van der Waals surface area contributed by atoms with Gasteiger partial charge in [-0.3, -0.25) is 14.2 Å². The maximum Gasteiger partial charge on any atom is 0.282 e. The molecule has 4 rings (SSSR count). The first kappa shape index (κ1) is 21.1. The molecule has 0 unspecified atom stereocenters. The van der Waals surface area contributed by atoms with Gasteiger partial charge in [-0.25, -0.2) is 8.78 Å². The fourth-order valence-electron chi connectivity index (χ4n) is 3.11. The Morgan fingerprint density at radius 3 is 2.50 bits per heavy atom. The van der Waals surface area contributed by atoms with E-state index in [4.69, 9.17) is 34.8 Å². The Balaban J connectivity index is 1.47. The second-order valence-corrected chi connectivity index (χ2v) is 8.22. The number of halogens is 5. The molecule has 1 saturated carbocycles. The average molecular weight is 475 g/mol. The van der Waals surface area contributed by atoms with E-state index >= 15 is 0 Å². The number of hydrogen-bond donors (Lipinski definition) is 1. The lowest BCUT2D eigenvalue weighted by Crippen LogP contribution is -2.21. The third-order valence-electron chi connectivity index (χ3n) is 4.70. The first-order valence-electron chi connectivity index (χ1n) is 9.13. The van der Waals surface area contributed by atoms with Crippen LogP contribution in [0, 0.1) is 0 Å². The largest absolute Gasteiger partial charge is 0.306 e. The summed E-state index contributed by atoms with van der Waals surface area (Å²) in [5, 5.41) is 11.9. The minimum Gasteiger partial charge on any atom is -0.306 e. The second-order valence-electron chi connectivity index (χ2n) is 7.00. The molecule has 0 saturated heterocycles. The van der Waals surface area contributed by atoms with Crippen LogP contribution in [0.5, 0.6) is 0 Å². The average Bonchev–Trinajstić information content (AvgIpc) is 3.35. The van der Waals surface area contributed by atoms with Crippen LogP contribution in [0.4, 0.5) is 14.6 Å². The van der Waals surface area contributed by atoms with Crippen molar-refractivity contribution < 1.29 is 13.6 Å². The molecular weight excluding hydrogens is 459 g/mol. The maximum atomic E-state index is 13.0. The number of hydrogen-bond acceptors (Lipinski definition) is 3. The summed E-state index contributed by atoms with van der Waals surface area (Å²) in [6, 6.07) is 6.53. The summed E-state index contributed by atoms with van der Waals surface area (Å²) >= 11 is 18.5. The highest BCUT2D eigenvalue weighted by molar-refractivity contribution is 6.36. The van der Waals surface area contributed by atoms with Crippen LogP contribution in [0.15, 0.2) is 30.5 Å². The lowest BCUT2D eigenvalue weighted by molar-refractivity contribution is -0.117. The van der Waals surface area contributed by atoms with E-state index in [0.717, 1.165) is 12.8 Å². The van der Waals surface area contributed by atoms with Crippen molar-refractivity contribution in [3.05, 3.63) is 62.5 Å². The molecule has 30 heavy (non-hydrogen) atoms. The molecule has 0 aliphatic heterocycles. The van der Waals surface area contributed by atoms with Crippen molar-refractivity contribution in [2.75, 3.05) is 5.32 Å². The number of nitrogens with one attached hydrogen (secondary N) is 1. The van der Waals surface area contributed by atoms with Crippen molar-refractivity contribution in [3.63, 3.8) is 0 Å². The molecule has 0 spiro atoms. The highest BCUT2D eigenvalue weighted by atomic mass is 35.5. The highest BCUT2D eigenvalue weighted by Crippen LogP contribution is 2.41. The van der Waals surface area contributed by atoms with E-state index in [9.17, 15) is 13.6 Å². The van der Waals surface area contributed by atoms with Crippen molar-refractivity contribution in [3.8, 4) is 0 Å². The van der Waals surface area contributed by atoms with E-state index in [-0.39, 0.29) is 35.5 Å². The van der Waals surface area contributed by atoms with Crippen LogP contribution in [0.3, 0.4) is 0 Å². The molecule has 1 aliphatic carbocycles. The number of amides is 1. The van der Waals surface area contributed by atoms with Gasteiger partial charge in [0.2, 0.25) is 5.91 Å². The molecule has 1 fully saturated rings. The van der Waals surface area contributed by atoms with Gasteiger partial charge in [0.15, 0.2) is 5.82 Å². The van der Waals surface area contributed by atoms with Crippen molar-refractivity contribution >= 4 is 46.5 Å². The quantitative estimate of drug-likeness (QED) is 0.489. The van der Waals surface area contributed by atoms with Crippen LogP contribution in [0.2, 0.25) is 15.1 Å². The zero-order chi connectivity index (χ0) is 21.4. The molecule has 1 amide bonds. The molecular formula is C19H16Cl3F2N5O. The van der Waals surface area contributed by atoms with Gasteiger partial charge in [0.05, 0.1) is 6.54 Å².